The number of nitrogens with zero attached hydrogens (tertiary/aromatic N) is 3. The SMILES string of the molecule is CCC(=O)N1CCC(NC(=NC)NCCc2ccc(Cl)nc2)C1.I. The highest BCUT2D eigenvalue weighted by atomic mass is 127. The number of hydrogen-bond donors (Lipinski definition) is 2. The average Bonchev–Trinajstić information content (AvgIpc) is 3.03. The van der Waals surface area contributed by atoms with Crippen molar-refractivity contribution in [1.82, 2.24) is 20.5 Å². The first-order valence-corrected chi connectivity index (χ1v) is 8.35. The van der Waals surface area contributed by atoms with E-state index in [0.29, 0.717) is 11.6 Å². The highest BCUT2D eigenvalue weighted by Crippen LogP contribution is 2.10. The number of nitrogens with one attached hydrogen (secondary N) is 2. The molecule has 8 heteroatoms. The van der Waals surface area contributed by atoms with Gasteiger partial charge < -0.3 is 15.5 Å². The van der Waals surface area contributed by atoms with Crippen molar-refractivity contribution >= 4 is 47.4 Å². The molecule has 1 fully saturated rings. The Morgan fingerprint density at radius 2 is 2.29 bits per heavy atom. The Balaban J connectivity index is 0.00000288. The van der Waals surface area contributed by atoms with Crippen LogP contribution in [-0.4, -0.2) is 54.5 Å². The Morgan fingerprint density at radius 1 is 1.50 bits per heavy atom. The smallest absolute Gasteiger partial charge is 0.222 e. The van der Waals surface area contributed by atoms with Crippen LogP contribution in [0, 0.1) is 0 Å². The predicted octanol–water partition coefficient (Wildman–Crippen LogP) is 2.07. The van der Waals surface area contributed by atoms with E-state index >= 15 is 0 Å². The Bertz CT molecular complexity index is 552. The molecule has 2 rings (SSSR count). The van der Waals surface area contributed by atoms with Gasteiger partial charge in [0.2, 0.25) is 5.91 Å². The second-order valence-corrected chi connectivity index (χ2v) is 5.95. The van der Waals surface area contributed by atoms with Crippen molar-refractivity contribution in [3.63, 3.8) is 0 Å². The van der Waals surface area contributed by atoms with Crippen LogP contribution < -0.4 is 10.6 Å². The molecule has 1 aromatic rings. The molecule has 0 aliphatic carbocycles. The molecule has 2 heterocycles. The van der Waals surface area contributed by atoms with Gasteiger partial charge in [-0.15, -0.1) is 24.0 Å². The number of rotatable bonds is 5. The van der Waals surface area contributed by atoms with E-state index in [0.717, 1.165) is 44.0 Å². The van der Waals surface area contributed by atoms with Crippen LogP contribution in [-0.2, 0) is 11.2 Å². The van der Waals surface area contributed by atoms with E-state index in [4.69, 9.17) is 11.6 Å². The quantitative estimate of drug-likeness (QED) is 0.302. The van der Waals surface area contributed by atoms with E-state index in [1.54, 1.807) is 19.3 Å². The number of halogens is 2. The third-order valence-corrected chi connectivity index (χ3v) is 4.13. The lowest BCUT2D eigenvalue weighted by Gasteiger charge is -2.18. The van der Waals surface area contributed by atoms with E-state index < -0.39 is 0 Å². The summed E-state index contributed by atoms with van der Waals surface area (Å²) in [5.74, 6) is 0.982. The standard InChI is InChI=1S/C16H24ClN5O.HI/c1-3-15(23)22-9-7-13(11-22)21-16(18-2)19-8-6-12-4-5-14(17)20-10-12;/h4-5,10,13H,3,6-9,11H2,1-2H3,(H2,18,19,21);1H. The van der Waals surface area contributed by atoms with Gasteiger partial charge in [-0.25, -0.2) is 4.98 Å². The summed E-state index contributed by atoms with van der Waals surface area (Å²) in [6.07, 6.45) is 4.14. The van der Waals surface area contributed by atoms with Gasteiger partial charge >= 0.3 is 0 Å². The summed E-state index contributed by atoms with van der Waals surface area (Å²) in [7, 11) is 1.75. The van der Waals surface area contributed by atoms with E-state index in [2.05, 4.69) is 20.6 Å². The van der Waals surface area contributed by atoms with Crippen molar-refractivity contribution in [2.24, 2.45) is 4.99 Å². The molecule has 1 amide bonds. The zero-order valence-corrected chi connectivity index (χ0v) is 17.2. The van der Waals surface area contributed by atoms with Crippen molar-refractivity contribution in [2.45, 2.75) is 32.2 Å². The molecule has 1 aliphatic rings. The molecule has 1 aliphatic heterocycles. The lowest BCUT2D eigenvalue weighted by Crippen LogP contribution is -2.45. The normalized spacial score (nSPS) is 17.4. The zero-order chi connectivity index (χ0) is 16.7. The summed E-state index contributed by atoms with van der Waals surface area (Å²) < 4.78 is 0. The molecule has 1 saturated heterocycles. The van der Waals surface area contributed by atoms with Crippen molar-refractivity contribution in [3.05, 3.63) is 29.0 Å². The van der Waals surface area contributed by atoms with Gasteiger partial charge in [-0.05, 0) is 24.5 Å². The van der Waals surface area contributed by atoms with Gasteiger partial charge in [0.1, 0.15) is 5.15 Å². The molecule has 0 aromatic carbocycles. The lowest BCUT2D eigenvalue weighted by atomic mass is 10.2. The first-order valence-electron chi connectivity index (χ1n) is 7.97. The maximum atomic E-state index is 11.7. The maximum absolute atomic E-state index is 11.7. The van der Waals surface area contributed by atoms with Gasteiger partial charge in [0.15, 0.2) is 5.96 Å². The first-order chi connectivity index (χ1) is 11.1. The van der Waals surface area contributed by atoms with Crippen LogP contribution in [0.1, 0.15) is 25.3 Å². The van der Waals surface area contributed by atoms with Crippen LogP contribution in [0.3, 0.4) is 0 Å². The molecule has 134 valence electrons. The highest BCUT2D eigenvalue weighted by molar-refractivity contribution is 14.0. The van der Waals surface area contributed by atoms with E-state index in [-0.39, 0.29) is 35.9 Å². The third-order valence-electron chi connectivity index (χ3n) is 3.90. The van der Waals surface area contributed by atoms with Gasteiger partial charge in [0, 0.05) is 45.3 Å². The number of guanidine groups is 1. The topological polar surface area (TPSA) is 69.6 Å². The van der Waals surface area contributed by atoms with Crippen LogP contribution in [0.4, 0.5) is 0 Å². The summed E-state index contributed by atoms with van der Waals surface area (Å²) >= 11 is 5.77. The summed E-state index contributed by atoms with van der Waals surface area (Å²) in [6.45, 7) is 4.22. The van der Waals surface area contributed by atoms with Crippen LogP contribution in [0.5, 0.6) is 0 Å². The molecule has 1 unspecified atom stereocenters. The predicted molar refractivity (Wildman–Crippen MR) is 108 cm³/mol. The van der Waals surface area contributed by atoms with Crippen LogP contribution in [0.25, 0.3) is 0 Å². The van der Waals surface area contributed by atoms with Gasteiger partial charge in [0.05, 0.1) is 0 Å². The van der Waals surface area contributed by atoms with Gasteiger partial charge in [-0.3, -0.25) is 9.79 Å². The first kappa shape index (κ1) is 21.0. The fraction of sp³-hybridized carbons (Fsp3) is 0.562. The van der Waals surface area contributed by atoms with Crippen molar-refractivity contribution < 1.29 is 4.79 Å². The summed E-state index contributed by atoms with van der Waals surface area (Å²) in [5, 5.41) is 7.18. The van der Waals surface area contributed by atoms with Crippen molar-refractivity contribution in [1.29, 1.82) is 0 Å². The number of pyridine rings is 1. The highest BCUT2D eigenvalue weighted by Gasteiger charge is 2.25. The molecule has 0 radical (unpaired) electrons. The molecular formula is C16H25ClIN5O. The minimum Gasteiger partial charge on any atom is -0.356 e. The van der Waals surface area contributed by atoms with Gasteiger partial charge in [-0.1, -0.05) is 24.6 Å². The number of carbonyl (C=O) groups is 1. The Labute approximate surface area is 165 Å². The number of likely N-dealkylation sites (tertiary alicyclic amines) is 1. The Morgan fingerprint density at radius 3 is 2.92 bits per heavy atom. The number of hydrogen-bond acceptors (Lipinski definition) is 3. The van der Waals surface area contributed by atoms with Crippen LogP contribution in [0.15, 0.2) is 23.3 Å². The van der Waals surface area contributed by atoms with E-state index in [1.807, 2.05) is 17.9 Å². The van der Waals surface area contributed by atoms with Gasteiger partial charge in [-0.2, -0.15) is 0 Å². The fourth-order valence-electron chi connectivity index (χ4n) is 2.60. The molecule has 6 nitrogen and oxygen atoms in total. The van der Waals surface area contributed by atoms with Crippen LogP contribution in [0.2, 0.25) is 5.15 Å². The largest absolute Gasteiger partial charge is 0.356 e. The van der Waals surface area contributed by atoms with Gasteiger partial charge in [0.25, 0.3) is 0 Å². The lowest BCUT2D eigenvalue weighted by molar-refractivity contribution is -0.129. The van der Waals surface area contributed by atoms with E-state index in [1.165, 1.54) is 0 Å². The summed E-state index contributed by atoms with van der Waals surface area (Å²) in [6, 6.07) is 4.02. The number of amides is 1. The molecule has 0 bridgehead atoms. The van der Waals surface area contributed by atoms with Crippen LogP contribution >= 0.6 is 35.6 Å². The number of aromatic nitrogens is 1. The minimum atomic E-state index is 0. The Kier molecular flexibility index (Phi) is 9.35. The minimum absolute atomic E-state index is 0. The molecule has 1 aromatic heterocycles. The maximum Gasteiger partial charge on any atom is 0.222 e. The number of aliphatic imine (C=N–C) groups is 1. The monoisotopic (exact) mass is 465 g/mol. The third kappa shape index (κ3) is 6.43. The molecule has 0 saturated carbocycles. The molecule has 0 spiro atoms. The second-order valence-electron chi connectivity index (χ2n) is 5.56. The summed E-state index contributed by atoms with van der Waals surface area (Å²) in [5.41, 5.74) is 1.12. The average molecular weight is 466 g/mol. The number of carbonyl (C=O) groups excluding carboxylic acids is 1. The second kappa shape index (κ2) is 10.7. The van der Waals surface area contributed by atoms with E-state index in [9.17, 15) is 4.79 Å². The zero-order valence-electron chi connectivity index (χ0n) is 14.1. The molecule has 24 heavy (non-hydrogen) atoms. The fourth-order valence-corrected chi connectivity index (χ4v) is 2.71. The molecule has 1 atom stereocenters. The van der Waals surface area contributed by atoms with Crippen molar-refractivity contribution in [2.75, 3.05) is 26.7 Å². The van der Waals surface area contributed by atoms with Crippen molar-refractivity contribution in [3.8, 4) is 0 Å². The summed E-state index contributed by atoms with van der Waals surface area (Å²) in [4.78, 5) is 21.9. The Hall–Kier alpha value is -1.09. The molecular weight excluding hydrogens is 441 g/mol. The molecule has 2 N–H and O–H groups in total.